The van der Waals surface area contributed by atoms with Crippen molar-refractivity contribution in [3.63, 3.8) is 0 Å². The van der Waals surface area contributed by atoms with Crippen LogP contribution in [0.5, 0.6) is 11.5 Å². The van der Waals surface area contributed by atoms with Gasteiger partial charge in [-0.15, -0.1) is 0 Å². The molecule has 0 unspecified atom stereocenters. The van der Waals surface area contributed by atoms with Crippen LogP contribution in [-0.2, 0) is 11.3 Å². The molecule has 1 aromatic heterocycles. The maximum atomic E-state index is 12.3. The van der Waals surface area contributed by atoms with Gasteiger partial charge in [0.2, 0.25) is 5.91 Å². The van der Waals surface area contributed by atoms with Crippen molar-refractivity contribution in [3.05, 3.63) is 70.0 Å². The molecule has 0 fully saturated rings. The minimum Gasteiger partial charge on any atom is -0.497 e. The number of methoxy groups -OCH3 is 2. The van der Waals surface area contributed by atoms with Gasteiger partial charge in [0.15, 0.2) is 5.16 Å². The summed E-state index contributed by atoms with van der Waals surface area (Å²) in [6.45, 7) is 0.373. The number of amides is 1. The fourth-order valence-electron chi connectivity index (χ4n) is 2.71. The van der Waals surface area contributed by atoms with Gasteiger partial charge in [0.05, 0.1) is 25.7 Å². The predicted octanol–water partition coefficient (Wildman–Crippen LogP) is 2.73. The molecule has 0 aliphatic heterocycles. The van der Waals surface area contributed by atoms with Crippen molar-refractivity contribution in [2.75, 3.05) is 20.0 Å². The SMILES string of the molecule is COc1ccc(CNC(=O)CSc2nc(-c3ccc(OC)cc3)c(C#N)c(=O)[nH]2)cc1. The molecule has 2 N–H and O–H groups in total. The molecule has 0 aliphatic carbocycles. The molecule has 0 atom stereocenters. The van der Waals surface area contributed by atoms with Crippen molar-refractivity contribution in [3.8, 4) is 28.8 Å². The van der Waals surface area contributed by atoms with E-state index in [2.05, 4.69) is 15.3 Å². The summed E-state index contributed by atoms with van der Waals surface area (Å²) in [5.74, 6) is 1.25. The third-order valence-corrected chi connectivity index (χ3v) is 5.23. The number of hydrogen-bond acceptors (Lipinski definition) is 7. The molecule has 3 rings (SSSR count). The van der Waals surface area contributed by atoms with Gasteiger partial charge in [0.25, 0.3) is 5.56 Å². The second kappa shape index (κ2) is 10.3. The fraction of sp³-hybridized carbons (Fsp3) is 0.182. The van der Waals surface area contributed by atoms with Gasteiger partial charge < -0.3 is 19.8 Å². The van der Waals surface area contributed by atoms with E-state index in [1.807, 2.05) is 30.3 Å². The van der Waals surface area contributed by atoms with E-state index < -0.39 is 5.56 Å². The fourth-order valence-corrected chi connectivity index (χ4v) is 3.40. The van der Waals surface area contributed by atoms with Crippen LogP contribution in [0.4, 0.5) is 0 Å². The zero-order valence-electron chi connectivity index (χ0n) is 17.0. The number of benzene rings is 2. The van der Waals surface area contributed by atoms with E-state index in [0.29, 0.717) is 17.9 Å². The molecule has 1 amide bonds. The number of thioether (sulfide) groups is 1. The molecule has 158 valence electrons. The van der Waals surface area contributed by atoms with E-state index in [4.69, 9.17) is 9.47 Å². The number of rotatable bonds is 8. The first kappa shape index (κ1) is 21.9. The number of aromatic nitrogens is 2. The number of aromatic amines is 1. The molecule has 0 saturated heterocycles. The van der Waals surface area contributed by atoms with Crippen LogP contribution >= 0.6 is 11.8 Å². The number of H-pyrrole nitrogens is 1. The molecule has 0 radical (unpaired) electrons. The lowest BCUT2D eigenvalue weighted by Gasteiger charge is -2.08. The van der Waals surface area contributed by atoms with E-state index in [1.54, 1.807) is 38.5 Å². The Morgan fingerprint density at radius 1 is 1.10 bits per heavy atom. The maximum Gasteiger partial charge on any atom is 0.270 e. The first-order valence-electron chi connectivity index (χ1n) is 9.25. The Labute approximate surface area is 183 Å². The Kier molecular flexibility index (Phi) is 7.30. The van der Waals surface area contributed by atoms with Gasteiger partial charge in [-0.25, -0.2) is 4.98 Å². The molecule has 3 aromatic rings. The molecule has 0 aliphatic rings. The van der Waals surface area contributed by atoms with Gasteiger partial charge in [-0.1, -0.05) is 23.9 Å². The maximum absolute atomic E-state index is 12.3. The summed E-state index contributed by atoms with van der Waals surface area (Å²) >= 11 is 1.09. The third kappa shape index (κ3) is 5.65. The second-order valence-corrected chi connectivity index (χ2v) is 7.31. The lowest BCUT2D eigenvalue weighted by molar-refractivity contribution is -0.118. The quantitative estimate of drug-likeness (QED) is 0.412. The highest BCUT2D eigenvalue weighted by molar-refractivity contribution is 7.99. The number of carbonyl (C=O) groups excluding carboxylic acids is 1. The Hall–Kier alpha value is -3.77. The summed E-state index contributed by atoms with van der Waals surface area (Å²) in [4.78, 5) is 31.5. The Morgan fingerprint density at radius 2 is 1.71 bits per heavy atom. The summed E-state index contributed by atoms with van der Waals surface area (Å²) in [7, 11) is 3.14. The Balaban J connectivity index is 1.68. The van der Waals surface area contributed by atoms with Crippen LogP contribution < -0.4 is 20.3 Å². The number of ether oxygens (including phenoxy) is 2. The van der Waals surface area contributed by atoms with Crippen molar-refractivity contribution in [1.29, 1.82) is 5.26 Å². The summed E-state index contributed by atoms with van der Waals surface area (Å²) in [6, 6.07) is 16.2. The standard InChI is InChI=1S/C22H20N4O4S/c1-29-16-7-3-14(4-8-16)12-24-19(27)13-31-22-25-20(18(11-23)21(28)26-22)15-5-9-17(30-2)10-6-15/h3-10H,12-13H2,1-2H3,(H,24,27)(H,25,26,28). The minimum absolute atomic E-state index is 0.0625. The lowest BCUT2D eigenvalue weighted by atomic mass is 10.1. The van der Waals surface area contributed by atoms with E-state index >= 15 is 0 Å². The highest BCUT2D eigenvalue weighted by atomic mass is 32.2. The summed E-state index contributed by atoms with van der Waals surface area (Å²) in [5, 5.41) is 12.4. The average Bonchev–Trinajstić information content (AvgIpc) is 2.81. The number of nitrogens with one attached hydrogen (secondary N) is 2. The minimum atomic E-state index is -0.551. The molecule has 0 saturated carbocycles. The van der Waals surface area contributed by atoms with Gasteiger partial charge in [-0.05, 0) is 42.0 Å². The lowest BCUT2D eigenvalue weighted by Crippen LogP contribution is -2.25. The van der Waals surface area contributed by atoms with Crippen molar-refractivity contribution >= 4 is 17.7 Å². The van der Waals surface area contributed by atoms with Crippen LogP contribution in [0.25, 0.3) is 11.3 Å². The smallest absolute Gasteiger partial charge is 0.270 e. The van der Waals surface area contributed by atoms with Crippen LogP contribution in [0, 0.1) is 11.3 Å². The highest BCUT2D eigenvalue weighted by Crippen LogP contribution is 2.24. The molecular formula is C22H20N4O4S. The Morgan fingerprint density at radius 3 is 2.29 bits per heavy atom. The van der Waals surface area contributed by atoms with E-state index in [-0.39, 0.29) is 28.1 Å². The molecule has 0 bridgehead atoms. The first-order chi connectivity index (χ1) is 15.0. The van der Waals surface area contributed by atoms with Crippen LogP contribution in [0.2, 0.25) is 0 Å². The zero-order valence-corrected chi connectivity index (χ0v) is 17.8. The van der Waals surface area contributed by atoms with Crippen molar-refractivity contribution in [2.45, 2.75) is 11.7 Å². The topological polar surface area (TPSA) is 117 Å². The van der Waals surface area contributed by atoms with Crippen molar-refractivity contribution in [2.24, 2.45) is 0 Å². The van der Waals surface area contributed by atoms with Crippen LogP contribution in [0.3, 0.4) is 0 Å². The van der Waals surface area contributed by atoms with Gasteiger partial charge in [-0.2, -0.15) is 5.26 Å². The van der Waals surface area contributed by atoms with Crippen LogP contribution in [-0.4, -0.2) is 35.8 Å². The van der Waals surface area contributed by atoms with Gasteiger partial charge in [0, 0.05) is 12.1 Å². The molecule has 9 heteroatoms. The first-order valence-corrected chi connectivity index (χ1v) is 10.2. The molecule has 31 heavy (non-hydrogen) atoms. The van der Waals surface area contributed by atoms with Gasteiger partial charge >= 0.3 is 0 Å². The number of nitrogens with zero attached hydrogens (tertiary/aromatic N) is 2. The summed E-state index contributed by atoms with van der Waals surface area (Å²) in [6.07, 6.45) is 0. The molecule has 8 nitrogen and oxygen atoms in total. The summed E-state index contributed by atoms with van der Waals surface area (Å²) < 4.78 is 10.2. The second-order valence-electron chi connectivity index (χ2n) is 6.35. The normalized spacial score (nSPS) is 10.2. The molecule has 2 aromatic carbocycles. The number of hydrogen-bond donors (Lipinski definition) is 2. The van der Waals surface area contributed by atoms with Crippen LogP contribution in [0.15, 0.2) is 58.5 Å². The summed E-state index contributed by atoms with van der Waals surface area (Å²) in [5.41, 5.74) is 1.16. The molecular weight excluding hydrogens is 416 g/mol. The zero-order chi connectivity index (χ0) is 22.2. The largest absolute Gasteiger partial charge is 0.497 e. The Bertz CT molecular complexity index is 1150. The monoisotopic (exact) mass is 436 g/mol. The van der Waals surface area contributed by atoms with Gasteiger partial charge in [0.1, 0.15) is 23.1 Å². The van der Waals surface area contributed by atoms with Crippen LogP contribution in [0.1, 0.15) is 11.1 Å². The molecule has 0 spiro atoms. The van der Waals surface area contributed by atoms with E-state index in [9.17, 15) is 14.9 Å². The highest BCUT2D eigenvalue weighted by Gasteiger charge is 2.14. The number of nitriles is 1. The van der Waals surface area contributed by atoms with Crippen molar-refractivity contribution < 1.29 is 14.3 Å². The predicted molar refractivity (Wildman–Crippen MR) is 117 cm³/mol. The van der Waals surface area contributed by atoms with Crippen molar-refractivity contribution in [1.82, 2.24) is 15.3 Å². The number of carbonyl (C=O) groups is 1. The van der Waals surface area contributed by atoms with Gasteiger partial charge in [-0.3, -0.25) is 9.59 Å². The third-order valence-electron chi connectivity index (χ3n) is 4.36. The van der Waals surface area contributed by atoms with E-state index in [1.165, 1.54) is 0 Å². The van der Waals surface area contributed by atoms with E-state index in [0.717, 1.165) is 23.1 Å². The molecule has 1 heterocycles. The average molecular weight is 436 g/mol.